The number of amides is 2. The minimum absolute atomic E-state index is 0.00415. The van der Waals surface area contributed by atoms with Crippen molar-refractivity contribution in [2.45, 2.75) is 26.7 Å². The molecule has 2 amide bonds. The lowest BCUT2D eigenvalue weighted by atomic mass is 10.1. The second-order valence-corrected chi connectivity index (χ2v) is 6.56. The smallest absolute Gasteiger partial charge is 0.229 e. The van der Waals surface area contributed by atoms with Gasteiger partial charge in [0.25, 0.3) is 0 Å². The van der Waals surface area contributed by atoms with Crippen molar-refractivity contribution in [2.75, 3.05) is 10.6 Å². The van der Waals surface area contributed by atoms with E-state index in [1.165, 1.54) is 0 Å². The predicted octanol–water partition coefficient (Wildman–Crippen LogP) is 3.91. The van der Waals surface area contributed by atoms with E-state index in [9.17, 15) is 9.59 Å². The molecule has 0 saturated carbocycles. The molecule has 0 spiro atoms. The highest BCUT2D eigenvalue weighted by molar-refractivity contribution is 7.10. The number of carbonyl (C=O) groups excluding carboxylic acids is 2. The maximum absolute atomic E-state index is 11.9. The highest BCUT2D eigenvalue weighted by Crippen LogP contribution is 2.16. The van der Waals surface area contributed by atoms with Crippen LogP contribution in [0.5, 0.6) is 0 Å². The molecule has 0 aliphatic rings. The summed E-state index contributed by atoms with van der Waals surface area (Å²) in [6, 6.07) is 11.0. The predicted molar refractivity (Wildman–Crippen MR) is 91.2 cm³/mol. The third-order valence-corrected chi connectivity index (χ3v) is 3.84. The van der Waals surface area contributed by atoms with E-state index in [-0.39, 0.29) is 11.8 Å². The van der Waals surface area contributed by atoms with E-state index in [4.69, 9.17) is 0 Å². The SMILES string of the molecule is CC(C)CC(=O)Nc1ccc(NC(=O)Cc2cccs2)cc1. The van der Waals surface area contributed by atoms with Crippen molar-refractivity contribution in [1.82, 2.24) is 0 Å². The summed E-state index contributed by atoms with van der Waals surface area (Å²) >= 11 is 1.57. The van der Waals surface area contributed by atoms with Crippen LogP contribution < -0.4 is 10.6 Å². The van der Waals surface area contributed by atoms with Gasteiger partial charge in [0.05, 0.1) is 6.42 Å². The summed E-state index contributed by atoms with van der Waals surface area (Å²) in [5.41, 5.74) is 1.46. The molecule has 2 N–H and O–H groups in total. The monoisotopic (exact) mass is 316 g/mol. The number of anilines is 2. The zero-order valence-corrected chi connectivity index (χ0v) is 13.6. The van der Waals surface area contributed by atoms with Gasteiger partial charge in [-0.3, -0.25) is 9.59 Å². The molecule has 0 aliphatic carbocycles. The second kappa shape index (κ2) is 7.75. The fraction of sp³-hybridized carbons (Fsp3) is 0.294. The van der Waals surface area contributed by atoms with E-state index >= 15 is 0 Å². The number of rotatable bonds is 6. The van der Waals surface area contributed by atoms with Crippen LogP contribution in [0.25, 0.3) is 0 Å². The lowest BCUT2D eigenvalue weighted by Gasteiger charge is -2.09. The number of nitrogens with one attached hydrogen (secondary N) is 2. The van der Waals surface area contributed by atoms with Crippen molar-refractivity contribution in [2.24, 2.45) is 5.92 Å². The molecular weight excluding hydrogens is 296 g/mol. The van der Waals surface area contributed by atoms with E-state index in [2.05, 4.69) is 10.6 Å². The molecule has 0 aliphatic heterocycles. The molecule has 0 bridgehead atoms. The molecule has 116 valence electrons. The molecule has 22 heavy (non-hydrogen) atoms. The molecule has 1 aromatic heterocycles. The third kappa shape index (κ3) is 5.33. The van der Waals surface area contributed by atoms with Gasteiger partial charge in [0.15, 0.2) is 0 Å². The van der Waals surface area contributed by atoms with E-state index in [1.54, 1.807) is 35.6 Å². The first-order chi connectivity index (χ1) is 10.5. The average Bonchev–Trinajstić information content (AvgIpc) is 2.92. The third-order valence-electron chi connectivity index (χ3n) is 2.96. The molecule has 5 heteroatoms. The molecule has 1 heterocycles. The fourth-order valence-electron chi connectivity index (χ4n) is 2.00. The van der Waals surface area contributed by atoms with Crippen molar-refractivity contribution >= 4 is 34.5 Å². The van der Waals surface area contributed by atoms with E-state index < -0.39 is 0 Å². The van der Waals surface area contributed by atoms with Gasteiger partial charge in [0.2, 0.25) is 11.8 Å². The minimum Gasteiger partial charge on any atom is -0.326 e. The number of hydrogen-bond acceptors (Lipinski definition) is 3. The highest BCUT2D eigenvalue weighted by Gasteiger charge is 2.07. The van der Waals surface area contributed by atoms with Gasteiger partial charge in [-0.1, -0.05) is 19.9 Å². The van der Waals surface area contributed by atoms with Gasteiger partial charge in [-0.15, -0.1) is 11.3 Å². The molecule has 4 nitrogen and oxygen atoms in total. The van der Waals surface area contributed by atoms with Gasteiger partial charge in [-0.25, -0.2) is 0 Å². The first kappa shape index (κ1) is 16.2. The summed E-state index contributed by atoms with van der Waals surface area (Å²) in [4.78, 5) is 24.6. The lowest BCUT2D eigenvalue weighted by molar-refractivity contribution is -0.117. The Bertz CT molecular complexity index is 619. The van der Waals surface area contributed by atoms with Gasteiger partial charge in [0, 0.05) is 22.7 Å². The minimum atomic E-state index is -0.0426. The molecule has 0 fully saturated rings. The maximum Gasteiger partial charge on any atom is 0.229 e. The van der Waals surface area contributed by atoms with Crippen molar-refractivity contribution in [3.05, 3.63) is 46.7 Å². The molecule has 2 aromatic rings. The van der Waals surface area contributed by atoms with Crippen molar-refractivity contribution in [1.29, 1.82) is 0 Å². The standard InChI is InChI=1S/C17H20N2O2S/c1-12(2)10-16(20)18-13-5-7-14(8-6-13)19-17(21)11-15-4-3-9-22-15/h3-9,12H,10-11H2,1-2H3,(H,18,20)(H,19,21). The summed E-state index contributed by atoms with van der Waals surface area (Å²) in [5, 5.41) is 7.64. The zero-order chi connectivity index (χ0) is 15.9. The molecule has 0 saturated heterocycles. The van der Waals surface area contributed by atoms with Gasteiger partial charge in [-0.2, -0.15) is 0 Å². The van der Waals surface area contributed by atoms with Gasteiger partial charge in [-0.05, 0) is 41.6 Å². The Hall–Kier alpha value is -2.14. The van der Waals surface area contributed by atoms with Crippen LogP contribution in [0.4, 0.5) is 11.4 Å². The topological polar surface area (TPSA) is 58.2 Å². The number of benzene rings is 1. The van der Waals surface area contributed by atoms with Gasteiger partial charge >= 0.3 is 0 Å². The van der Waals surface area contributed by atoms with Crippen molar-refractivity contribution in [3.63, 3.8) is 0 Å². The van der Waals surface area contributed by atoms with Crippen LogP contribution in [0.3, 0.4) is 0 Å². The Morgan fingerprint density at radius 1 is 1.00 bits per heavy atom. The zero-order valence-electron chi connectivity index (χ0n) is 12.8. The first-order valence-electron chi connectivity index (χ1n) is 7.25. The molecule has 1 aromatic carbocycles. The van der Waals surface area contributed by atoms with Crippen LogP contribution in [0.2, 0.25) is 0 Å². The van der Waals surface area contributed by atoms with Crippen molar-refractivity contribution < 1.29 is 9.59 Å². The number of carbonyl (C=O) groups is 2. The quantitative estimate of drug-likeness (QED) is 0.849. The van der Waals surface area contributed by atoms with E-state index in [0.29, 0.717) is 18.8 Å². The maximum atomic E-state index is 11.9. The molecule has 0 radical (unpaired) electrons. The van der Waals surface area contributed by atoms with Gasteiger partial charge < -0.3 is 10.6 Å². The summed E-state index contributed by atoms with van der Waals surface area (Å²) < 4.78 is 0. The Morgan fingerprint density at radius 3 is 2.09 bits per heavy atom. The van der Waals surface area contributed by atoms with Crippen LogP contribution in [0, 0.1) is 5.92 Å². The Kier molecular flexibility index (Phi) is 5.72. The molecule has 0 atom stereocenters. The van der Waals surface area contributed by atoms with E-state index in [0.717, 1.165) is 16.3 Å². The highest BCUT2D eigenvalue weighted by atomic mass is 32.1. The molecule has 2 rings (SSSR count). The number of thiophene rings is 1. The summed E-state index contributed by atoms with van der Waals surface area (Å²) in [6.07, 6.45) is 0.879. The lowest BCUT2D eigenvalue weighted by Crippen LogP contribution is -2.15. The van der Waals surface area contributed by atoms with Crippen LogP contribution >= 0.6 is 11.3 Å². The van der Waals surface area contributed by atoms with Crippen LogP contribution in [-0.4, -0.2) is 11.8 Å². The average molecular weight is 316 g/mol. The second-order valence-electron chi connectivity index (χ2n) is 5.53. The molecule has 0 unspecified atom stereocenters. The van der Waals surface area contributed by atoms with E-state index in [1.807, 2.05) is 31.4 Å². The van der Waals surface area contributed by atoms with Crippen LogP contribution in [0.1, 0.15) is 25.1 Å². The summed E-state index contributed by atoms with van der Waals surface area (Å²) in [5.74, 6) is 0.291. The Balaban J connectivity index is 1.86. The van der Waals surface area contributed by atoms with Crippen molar-refractivity contribution in [3.8, 4) is 0 Å². The largest absolute Gasteiger partial charge is 0.326 e. The first-order valence-corrected chi connectivity index (χ1v) is 8.13. The summed E-state index contributed by atoms with van der Waals surface area (Å²) in [7, 11) is 0. The normalized spacial score (nSPS) is 10.5. The Morgan fingerprint density at radius 2 is 1.59 bits per heavy atom. The Labute approximate surface area is 134 Å². The fourth-order valence-corrected chi connectivity index (χ4v) is 2.70. The number of hydrogen-bond donors (Lipinski definition) is 2. The van der Waals surface area contributed by atoms with Crippen LogP contribution in [-0.2, 0) is 16.0 Å². The summed E-state index contributed by atoms with van der Waals surface area (Å²) in [6.45, 7) is 4.01. The van der Waals surface area contributed by atoms with Crippen LogP contribution in [0.15, 0.2) is 41.8 Å². The van der Waals surface area contributed by atoms with Gasteiger partial charge in [0.1, 0.15) is 0 Å². The molecular formula is C17H20N2O2S.